The second-order valence-corrected chi connectivity index (χ2v) is 9.45. The van der Waals surface area contributed by atoms with Gasteiger partial charge in [0.05, 0.1) is 36.0 Å². The molecule has 0 unspecified atom stereocenters. The molecule has 0 aliphatic carbocycles. The number of aromatic nitrogens is 4. The van der Waals surface area contributed by atoms with Crippen molar-refractivity contribution in [3.63, 3.8) is 0 Å². The van der Waals surface area contributed by atoms with Crippen molar-refractivity contribution in [2.24, 2.45) is 5.73 Å². The summed E-state index contributed by atoms with van der Waals surface area (Å²) >= 11 is 0. The van der Waals surface area contributed by atoms with Gasteiger partial charge in [0.15, 0.2) is 17.3 Å². The number of para-hydroxylation sites is 1. The fraction of sp³-hybridized carbons (Fsp3) is 0.259. The molecule has 4 aromatic rings. The van der Waals surface area contributed by atoms with Crippen LogP contribution >= 0.6 is 0 Å². The van der Waals surface area contributed by atoms with Crippen LogP contribution in [0.4, 0.5) is 33.3 Å². The number of nitrogens with one attached hydrogen (secondary N) is 1. The van der Waals surface area contributed by atoms with E-state index in [0.717, 1.165) is 12.1 Å². The number of piperidine rings is 1. The number of benzene rings is 2. The van der Waals surface area contributed by atoms with E-state index in [1.165, 1.54) is 58.5 Å². The van der Waals surface area contributed by atoms with Crippen molar-refractivity contribution in [2.45, 2.75) is 24.7 Å². The summed E-state index contributed by atoms with van der Waals surface area (Å²) in [5, 5.41) is 14.1. The first-order chi connectivity index (χ1) is 19.6. The van der Waals surface area contributed by atoms with Crippen LogP contribution in [0.2, 0.25) is 0 Å². The highest BCUT2D eigenvalue weighted by Crippen LogP contribution is 2.49. The van der Waals surface area contributed by atoms with Crippen LogP contribution in [0.5, 0.6) is 11.5 Å². The molecule has 3 heterocycles. The molecule has 0 spiro atoms. The second-order valence-electron chi connectivity index (χ2n) is 9.45. The van der Waals surface area contributed by atoms with Crippen LogP contribution in [0.25, 0.3) is 5.69 Å². The van der Waals surface area contributed by atoms with Gasteiger partial charge in [-0.1, -0.05) is 12.1 Å². The Balaban J connectivity index is 1.58. The van der Waals surface area contributed by atoms with Gasteiger partial charge in [-0.15, -0.1) is 0 Å². The number of carbonyl (C=O) groups is 1. The minimum atomic E-state index is -5.04. The molecule has 1 atom stereocenters. The number of nitrogens with two attached hydrogens (primary N) is 1. The molecule has 3 N–H and O–H groups in total. The minimum Gasteiger partial charge on any atom is -0.454 e. The number of nitrogens with zero attached hydrogens (tertiary/aromatic N) is 5. The van der Waals surface area contributed by atoms with Crippen molar-refractivity contribution in [3.05, 3.63) is 84.2 Å². The first-order valence-electron chi connectivity index (χ1n) is 12.5. The van der Waals surface area contributed by atoms with Crippen LogP contribution in [0.3, 0.4) is 0 Å². The molecular formula is C27H24F5N7O2. The highest BCUT2D eigenvalue weighted by molar-refractivity contribution is 6.05. The van der Waals surface area contributed by atoms with Gasteiger partial charge in [0.25, 0.3) is 5.91 Å². The highest BCUT2D eigenvalue weighted by atomic mass is 19.4. The van der Waals surface area contributed by atoms with Crippen molar-refractivity contribution in [2.75, 3.05) is 29.9 Å². The topological polar surface area (TPSA) is 111 Å². The molecule has 41 heavy (non-hydrogen) atoms. The van der Waals surface area contributed by atoms with E-state index in [9.17, 15) is 22.4 Å². The molecule has 1 fully saturated rings. The van der Waals surface area contributed by atoms with E-state index in [-0.39, 0.29) is 30.8 Å². The van der Waals surface area contributed by atoms with Gasteiger partial charge in [-0.2, -0.15) is 28.5 Å². The van der Waals surface area contributed by atoms with Gasteiger partial charge in [0.2, 0.25) is 0 Å². The zero-order chi connectivity index (χ0) is 29.2. The number of hydrogen-bond donors (Lipinski definition) is 2. The van der Waals surface area contributed by atoms with E-state index >= 15 is 4.39 Å². The Morgan fingerprint density at radius 1 is 1.10 bits per heavy atom. The van der Waals surface area contributed by atoms with Crippen LogP contribution in [-0.2, 0) is 6.18 Å². The average Bonchev–Trinajstić information content (AvgIpc) is 3.45. The molecule has 1 aliphatic rings. The largest absolute Gasteiger partial charge is 0.454 e. The predicted octanol–water partition coefficient (Wildman–Crippen LogP) is 5.13. The maximum atomic E-state index is 15.4. The molecule has 5 rings (SSSR count). The highest BCUT2D eigenvalue weighted by Gasteiger charge is 2.43. The number of anilines is 2. The first kappa shape index (κ1) is 28.0. The molecule has 9 nitrogen and oxygen atoms in total. The first-order valence-corrected chi connectivity index (χ1v) is 12.5. The standard InChI is InChI=1S/C27H24F5N7O2/c28-18-4-1-2-5-21(18)41-22-7-6-19(36-25(40)20-9-13-39(37-20)17-8-11-34-35-14-17)24(23(22)27(30,31)32)38-12-3-10-26(29,15-33)16-38/h1-2,4-9,11,13-14H,3,10,12,15-16,33H2,(H,36,40)/t26-/m1/s1. The van der Waals surface area contributed by atoms with Crippen molar-refractivity contribution < 1.29 is 31.5 Å². The maximum Gasteiger partial charge on any atom is 0.422 e. The molecule has 1 saturated heterocycles. The maximum absolute atomic E-state index is 15.4. The van der Waals surface area contributed by atoms with E-state index in [0.29, 0.717) is 5.69 Å². The van der Waals surface area contributed by atoms with E-state index < -0.39 is 59.4 Å². The lowest BCUT2D eigenvalue weighted by Crippen LogP contribution is -2.50. The van der Waals surface area contributed by atoms with Gasteiger partial charge in [-0.05, 0) is 49.2 Å². The molecule has 0 bridgehead atoms. The molecular weight excluding hydrogens is 549 g/mol. The molecule has 1 aliphatic heterocycles. The van der Waals surface area contributed by atoms with Crippen molar-refractivity contribution >= 4 is 17.3 Å². The Hall–Kier alpha value is -4.59. The van der Waals surface area contributed by atoms with Gasteiger partial charge in [-0.3, -0.25) is 4.79 Å². The Bertz CT molecular complexity index is 1550. The van der Waals surface area contributed by atoms with Gasteiger partial charge >= 0.3 is 6.18 Å². The van der Waals surface area contributed by atoms with E-state index in [4.69, 9.17) is 10.5 Å². The van der Waals surface area contributed by atoms with Crippen molar-refractivity contribution in [1.29, 1.82) is 0 Å². The van der Waals surface area contributed by atoms with Crippen LogP contribution in [0, 0.1) is 5.82 Å². The molecule has 2 aromatic heterocycles. The lowest BCUT2D eigenvalue weighted by molar-refractivity contribution is -0.138. The van der Waals surface area contributed by atoms with Crippen molar-refractivity contribution in [1.82, 2.24) is 20.0 Å². The van der Waals surface area contributed by atoms with E-state index in [2.05, 4.69) is 20.6 Å². The number of rotatable bonds is 7. The summed E-state index contributed by atoms with van der Waals surface area (Å²) in [6.07, 6.45) is -0.448. The molecule has 214 valence electrons. The third-order valence-electron chi connectivity index (χ3n) is 6.59. The Kier molecular flexibility index (Phi) is 7.58. The second kappa shape index (κ2) is 11.1. The summed E-state index contributed by atoms with van der Waals surface area (Å²) < 4.78 is 80.6. The summed E-state index contributed by atoms with van der Waals surface area (Å²) in [7, 11) is 0. The Morgan fingerprint density at radius 2 is 1.90 bits per heavy atom. The number of hydrogen-bond acceptors (Lipinski definition) is 7. The normalized spacial score (nSPS) is 17.4. The van der Waals surface area contributed by atoms with E-state index in [1.54, 1.807) is 6.07 Å². The number of ether oxygens (including phenoxy) is 1. The SMILES string of the molecule is NC[C@]1(F)CCCN(c2c(NC(=O)c3ccn(-c4ccnnc4)n3)ccc(Oc3ccccc3F)c2C(F)(F)F)C1. The number of halogens is 5. The zero-order valence-corrected chi connectivity index (χ0v) is 21.4. The van der Waals surface area contributed by atoms with Crippen LogP contribution in [-0.4, -0.2) is 51.2 Å². The van der Waals surface area contributed by atoms with Crippen LogP contribution < -0.4 is 20.7 Å². The Labute approximate surface area is 230 Å². The van der Waals surface area contributed by atoms with Crippen LogP contribution in [0.1, 0.15) is 28.9 Å². The quantitative estimate of drug-likeness (QED) is 0.295. The zero-order valence-electron chi connectivity index (χ0n) is 21.4. The molecule has 0 saturated carbocycles. The summed E-state index contributed by atoms with van der Waals surface area (Å²) in [5.41, 5.74) is 1.98. The van der Waals surface area contributed by atoms with Gasteiger partial charge in [0, 0.05) is 19.3 Å². The minimum absolute atomic E-state index is 0.0461. The van der Waals surface area contributed by atoms with Gasteiger partial charge < -0.3 is 20.7 Å². The predicted molar refractivity (Wildman–Crippen MR) is 139 cm³/mol. The van der Waals surface area contributed by atoms with Gasteiger partial charge in [-0.25, -0.2) is 13.5 Å². The number of amides is 1. The summed E-state index contributed by atoms with van der Waals surface area (Å²) in [5.74, 6) is -2.83. The molecule has 1 amide bonds. The third-order valence-corrected chi connectivity index (χ3v) is 6.59. The molecule has 14 heteroatoms. The summed E-state index contributed by atoms with van der Waals surface area (Å²) in [6, 6.07) is 10.1. The lowest BCUT2D eigenvalue weighted by atomic mass is 9.93. The van der Waals surface area contributed by atoms with Gasteiger partial charge in [0.1, 0.15) is 17.0 Å². The van der Waals surface area contributed by atoms with Crippen LogP contribution in [0.15, 0.2) is 67.1 Å². The summed E-state index contributed by atoms with van der Waals surface area (Å²) in [4.78, 5) is 14.4. The molecule has 2 aromatic carbocycles. The van der Waals surface area contributed by atoms with E-state index in [1.807, 2.05) is 0 Å². The Morgan fingerprint density at radius 3 is 2.61 bits per heavy atom. The number of carbonyl (C=O) groups excluding carboxylic acids is 1. The third kappa shape index (κ3) is 5.96. The fourth-order valence-electron chi connectivity index (χ4n) is 4.65. The fourth-order valence-corrected chi connectivity index (χ4v) is 4.65. The average molecular weight is 574 g/mol. The van der Waals surface area contributed by atoms with Crippen molar-refractivity contribution in [3.8, 4) is 17.2 Å². The number of alkyl halides is 4. The summed E-state index contributed by atoms with van der Waals surface area (Å²) in [6.45, 7) is -0.814. The molecule has 0 radical (unpaired) electrons. The smallest absolute Gasteiger partial charge is 0.422 e. The lowest BCUT2D eigenvalue weighted by Gasteiger charge is -2.40. The monoisotopic (exact) mass is 573 g/mol.